The molecule has 0 bridgehead atoms. The fourth-order valence-electron chi connectivity index (χ4n) is 1.54. The molecular formula is C12H16BrNOS. The maximum atomic E-state index is 12.0. The summed E-state index contributed by atoms with van der Waals surface area (Å²) < 4.78 is 12.9. The molecule has 1 aliphatic carbocycles. The van der Waals surface area contributed by atoms with Gasteiger partial charge < -0.3 is 5.32 Å². The molecule has 1 atom stereocenters. The lowest BCUT2D eigenvalue weighted by Crippen LogP contribution is -2.19. The Balaban J connectivity index is 1.76. The van der Waals surface area contributed by atoms with Gasteiger partial charge >= 0.3 is 0 Å². The van der Waals surface area contributed by atoms with Gasteiger partial charge in [0.05, 0.1) is 15.7 Å². The number of halogens is 1. The Hall–Kier alpha value is -0.190. The Bertz CT molecular complexity index is 379. The van der Waals surface area contributed by atoms with E-state index in [1.165, 1.54) is 12.8 Å². The van der Waals surface area contributed by atoms with Gasteiger partial charge in [0.25, 0.3) is 0 Å². The Morgan fingerprint density at radius 1 is 1.38 bits per heavy atom. The predicted molar refractivity (Wildman–Crippen MR) is 71.1 cm³/mol. The van der Waals surface area contributed by atoms with Crippen LogP contribution in [-0.2, 0) is 10.8 Å². The fraction of sp³-hybridized carbons (Fsp3) is 0.500. The van der Waals surface area contributed by atoms with E-state index in [9.17, 15) is 4.21 Å². The van der Waals surface area contributed by atoms with Gasteiger partial charge in [-0.1, -0.05) is 12.1 Å². The quantitative estimate of drug-likeness (QED) is 0.819. The van der Waals surface area contributed by atoms with E-state index in [2.05, 4.69) is 21.2 Å². The molecule has 1 aromatic carbocycles. The molecule has 1 aliphatic rings. The lowest BCUT2D eigenvalue weighted by molar-refractivity contribution is 0.657. The molecule has 0 heterocycles. The summed E-state index contributed by atoms with van der Waals surface area (Å²) in [5.74, 6) is 0.738. The lowest BCUT2D eigenvalue weighted by atomic mass is 10.4. The molecule has 2 rings (SSSR count). The van der Waals surface area contributed by atoms with Gasteiger partial charge in [-0.05, 0) is 53.9 Å². The third-order valence-electron chi connectivity index (χ3n) is 2.60. The molecule has 1 saturated carbocycles. The number of hydrogen-bond donors (Lipinski definition) is 1. The molecule has 4 heteroatoms. The molecule has 16 heavy (non-hydrogen) atoms. The zero-order chi connectivity index (χ0) is 11.4. The summed E-state index contributed by atoms with van der Waals surface area (Å²) in [6.45, 7) is 0.987. The molecule has 0 amide bonds. The first-order valence-corrected chi connectivity index (χ1v) is 7.75. The molecule has 0 aliphatic heterocycles. The van der Waals surface area contributed by atoms with Crippen LogP contribution in [0.2, 0.25) is 0 Å². The van der Waals surface area contributed by atoms with Crippen molar-refractivity contribution in [2.75, 3.05) is 12.3 Å². The minimum atomic E-state index is -0.876. The number of rotatable bonds is 6. The van der Waals surface area contributed by atoms with Crippen LogP contribution in [0.4, 0.5) is 0 Å². The Morgan fingerprint density at radius 3 is 2.81 bits per heavy atom. The summed E-state index contributed by atoms with van der Waals surface area (Å²) >= 11 is 3.43. The second-order valence-electron chi connectivity index (χ2n) is 4.06. The van der Waals surface area contributed by atoms with Crippen LogP contribution in [0.1, 0.15) is 19.3 Å². The zero-order valence-electron chi connectivity index (χ0n) is 9.12. The van der Waals surface area contributed by atoms with Crippen LogP contribution in [0.25, 0.3) is 0 Å². The SMILES string of the molecule is O=S(CCCNC1CC1)c1ccccc1Br. The minimum Gasteiger partial charge on any atom is -0.314 e. The second-order valence-corrected chi connectivity index (χ2v) is 6.46. The van der Waals surface area contributed by atoms with Crippen LogP contribution in [0.15, 0.2) is 33.6 Å². The normalized spacial score (nSPS) is 17.3. The van der Waals surface area contributed by atoms with Gasteiger partial charge in [-0.25, -0.2) is 0 Å². The summed E-state index contributed by atoms with van der Waals surface area (Å²) in [5.41, 5.74) is 0. The highest BCUT2D eigenvalue weighted by Gasteiger charge is 2.19. The molecule has 2 nitrogen and oxygen atoms in total. The van der Waals surface area contributed by atoms with E-state index in [4.69, 9.17) is 0 Å². The van der Waals surface area contributed by atoms with Gasteiger partial charge in [0, 0.05) is 16.3 Å². The van der Waals surface area contributed by atoms with Crippen molar-refractivity contribution in [2.24, 2.45) is 0 Å². The highest BCUT2D eigenvalue weighted by Crippen LogP contribution is 2.20. The average molecular weight is 302 g/mol. The van der Waals surface area contributed by atoms with E-state index in [1.807, 2.05) is 24.3 Å². The topological polar surface area (TPSA) is 29.1 Å². The van der Waals surface area contributed by atoms with Crippen molar-refractivity contribution in [3.05, 3.63) is 28.7 Å². The van der Waals surface area contributed by atoms with Gasteiger partial charge in [0.2, 0.25) is 0 Å². The Morgan fingerprint density at radius 2 is 2.12 bits per heavy atom. The molecular weight excluding hydrogens is 286 g/mol. The van der Waals surface area contributed by atoms with Crippen molar-refractivity contribution in [3.63, 3.8) is 0 Å². The smallest absolute Gasteiger partial charge is 0.0541 e. The van der Waals surface area contributed by atoms with Crippen LogP contribution in [0.3, 0.4) is 0 Å². The zero-order valence-corrected chi connectivity index (χ0v) is 11.5. The van der Waals surface area contributed by atoms with Crippen molar-refractivity contribution >= 4 is 26.7 Å². The van der Waals surface area contributed by atoms with Gasteiger partial charge in [0.15, 0.2) is 0 Å². The van der Waals surface area contributed by atoms with Crippen LogP contribution >= 0.6 is 15.9 Å². The van der Waals surface area contributed by atoms with Crippen molar-refractivity contribution in [1.29, 1.82) is 0 Å². The number of hydrogen-bond acceptors (Lipinski definition) is 2. The molecule has 1 unspecified atom stereocenters. The van der Waals surface area contributed by atoms with Crippen LogP contribution < -0.4 is 5.32 Å². The molecule has 88 valence electrons. The van der Waals surface area contributed by atoms with Gasteiger partial charge in [0.1, 0.15) is 0 Å². The van der Waals surface area contributed by atoms with E-state index < -0.39 is 10.8 Å². The van der Waals surface area contributed by atoms with E-state index in [-0.39, 0.29) is 0 Å². The molecule has 0 spiro atoms. The van der Waals surface area contributed by atoms with Gasteiger partial charge in [-0.3, -0.25) is 4.21 Å². The van der Waals surface area contributed by atoms with Gasteiger partial charge in [-0.2, -0.15) is 0 Å². The van der Waals surface area contributed by atoms with Crippen LogP contribution in [0, 0.1) is 0 Å². The molecule has 1 fully saturated rings. The lowest BCUT2D eigenvalue weighted by Gasteiger charge is -2.05. The van der Waals surface area contributed by atoms with Crippen molar-refractivity contribution in [2.45, 2.75) is 30.2 Å². The van der Waals surface area contributed by atoms with Crippen LogP contribution in [-0.4, -0.2) is 22.5 Å². The summed E-state index contributed by atoms with van der Waals surface area (Å²) in [7, 11) is -0.876. The maximum Gasteiger partial charge on any atom is 0.0541 e. The number of nitrogens with one attached hydrogen (secondary N) is 1. The third-order valence-corrected chi connectivity index (χ3v) is 5.06. The van der Waals surface area contributed by atoms with Crippen molar-refractivity contribution < 1.29 is 4.21 Å². The molecule has 1 N–H and O–H groups in total. The Labute approximate surface area is 107 Å². The fourth-order valence-corrected chi connectivity index (χ4v) is 3.50. The summed E-state index contributed by atoms with van der Waals surface area (Å²) in [6.07, 6.45) is 3.60. The van der Waals surface area contributed by atoms with E-state index in [1.54, 1.807) is 0 Å². The summed E-state index contributed by atoms with van der Waals surface area (Å²) in [6, 6.07) is 8.49. The van der Waals surface area contributed by atoms with E-state index >= 15 is 0 Å². The first-order valence-electron chi connectivity index (χ1n) is 5.63. The third kappa shape index (κ3) is 3.68. The molecule has 0 radical (unpaired) electrons. The highest BCUT2D eigenvalue weighted by molar-refractivity contribution is 9.10. The molecule has 1 aromatic rings. The molecule has 0 aromatic heterocycles. The van der Waals surface area contributed by atoms with Crippen LogP contribution in [0.5, 0.6) is 0 Å². The van der Waals surface area contributed by atoms with Gasteiger partial charge in [-0.15, -0.1) is 0 Å². The Kier molecular flexibility index (Phi) is 4.55. The predicted octanol–water partition coefficient (Wildman–Crippen LogP) is 2.70. The molecule has 0 saturated heterocycles. The first-order chi connectivity index (χ1) is 7.77. The minimum absolute atomic E-state index is 0.738. The highest BCUT2D eigenvalue weighted by atomic mass is 79.9. The largest absolute Gasteiger partial charge is 0.314 e. The summed E-state index contributed by atoms with van der Waals surface area (Å²) in [4.78, 5) is 0.911. The monoisotopic (exact) mass is 301 g/mol. The standard InChI is InChI=1S/C12H16BrNOS/c13-11-4-1-2-5-12(11)16(15)9-3-8-14-10-6-7-10/h1-2,4-5,10,14H,3,6-9H2. The van der Waals surface area contributed by atoms with Crippen molar-refractivity contribution in [3.8, 4) is 0 Å². The summed E-state index contributed by atoms with van der Waals surface area (Å²) in [5, 5.41) is 3.43. The number of benzene rings is 1. The maximum absolute atomic E-state index is 12.0. The second kappa shape index (κ2) is 5.94. The average Bonchev–Trinajstić information content (AvgIpc) is 3.08. The van der Waals surface area contributed by atoms with E-state index in [0.29, 0.717) is 0 Å². The van der Waals surface area contributed by atoms with E-state index in [0.717, 1.165) is 34.1 Å². The van der Waals surface area contributed by atoms with Crippen molar-refractivity contribution in [1.82, 2.24) is 5.32 Å². The first kappa shape index (κ1) is 12.3.